The van der Waals surface area contributed by atoms with Crippen molar-refractivity contribution in [2.75, 3.05) is 4.90 Å². The van der Waals surface area contributed by atoms with Gasteiger partial charge in [-0.25, -0.2) is 0 Å². The van der Waals surface area contributed by atoms with E-state index in [0.29, 0.717) is 0 Å². The van der Waals surface area contributed by atoms with Gasteiger partial charge >= 0.3 is 0 Å². The molecule has 3 aromatic carbocycles. The van der Waals surface area contributed by atoms with Crippen molar-refractivity contribution in [3.8, 4) is 0 Å². The van der Waals surface area contributed by atoms with E-state index < -0.39 is 0 Å². The van der Waals surface area contributed by atoms with Gasteiger partial charge in [-0.1, -0.05) is 44.2 Å². The highest BCUT2D eigenvalue weighted by Gasteiger charge is 2.13. The van der Waals surface area contributed by atoms with Gasteiger partial charge in [-0.15, -0.1) is 0 Å². The lowest BCUT2D eigenvalue weighted by Gasteiger charge is -2.26. The minimum Gasteiger partial charge on any atom is -0.310 e. The normalized spacial score (nSPS) is 10.7. The van der Waals surface area contributed by atoms with Crippen LogP contribution in [0.3, 0.4) is 0 Å². The summed E-state index contributed by atoms with van der Waals surface area (Å²) < 4.78 is 0. The highest BCUT2D eigenvalue weighted by molar-refractivity contribution is 5.77. The average Bonchev–Trinajstić information content (AvgIpc) is 2.66. The standard InChI is InChI=1S/C24H27N/c1-5-20-8-13-22(14-9-20)25(23-15-10-21(6-2)11-16-23)24-12-7-18(3)19(4)17-24/h7-17H,5-6H2,1-4H3. The maximum atomic E-state index is 2.34. The van der Waals surface area contributed by atoms with Crippen LogP contribution in [0, 0.1) is 13.8 Å². The molecule has 0 aromatic heterocycles. The van der Waals surface area contributed by atoms with Crippen LogP contribution in [0.5, 0.6) is 0 Å². The van der Waals surface area contributed by atoms with E-state index in [0.717, 1.165) is 12.8 Å². The first-order chi connectivity index (χ1) is 12.1. The molecule has 3 rings (SSSR count). The van der Waals surface area contributed by atoms with Gasteiger partial charge in [0.05, 0.1) is 0 Å². The molecule has 0 radical (unpaired) electrons. The predicted molar refractivity (Wildman–Crippen MR) is 109 cm³/mol. The zero-order valence-electron chi connectivity index (χ0n) is 15.7. The molecule has 0 N–H and O–H groups in total. The maximum absolute atomic E-state index is 2.34. The summed E-state index contributed by atoms with van der Waals surface area (Å²) in [5.74, 6) is 0. The number of rotatable bonds is 5. The maximum Gasteiger partial charge on any atom is 0.0464 e. The highest BCUT2D eigenvalue weighted by atomic mass is 15.1. The van der Waals surface area contributed by atoms with Gasteiger partial charge in [0.1, 0.15) is 0 Å². The van der Waals surface area contributed by atoms with Crippen molar-refractivity contribution in [1.29, 1.82) is 0 Å². The quantitative estimate of drug-likeness (QED) is 0.492. The lowest BCUT2D eigenvalue weighted by molar-refractivity contribution is 1.13. The zero-order chi connectivity index (χ0) is 17.8. The Morgan fingerprint density at radius 3 is 1.40 bits per heavy atom. The van der Waals surface area contributed by atoms with Crippen molar-refractivity contribution < 1.29 is 0 Å². The molecule has 1 heteroatoms. The molecular weight excluding hydrogens is 302 g/mol. The Balaban J connectivity index is 2.10. The van der Waals surface area contributed by atoms with Gasteiger partial charge in [0.25, 0.3) is 0 Å². The second-order valence-electron chi connectivity index (χ2n) is 6.64. The van der Waals surface area contributed by atoms with Crippen LogP contribution in [0.1, 0.15) is 36.1 Å². The van der Waals surface area contributed by atoms with Gasteiger partial charge < -0.3 is 4.90 Å². The third-order valence-electron chi connectivity index (χ3n) is 4.95. The van der Waals surface area contributed by atoms with Gasteiger partial charge in [-0.05, 0) is 85.3 Å². The number of hydrogen-bond acceptors (Lipinski definition) is 1. The van der Waals surface area contributed by atoms with Gasteiger partial charge in [-0.2, -0.15) is 0 Å². The van der Waals surface area contributed by atoms with E-state index in [-0.39, 0.29) is 0 Å². The summed E-state index contributed by atoms with van der Waals surface area (Å²) in [7, 11) is 0. The molecule has 0 saturated heterocycles. The molecule has 128 valence electrons. The third kappa shape index (κ3) is 3.76. The molecule has 3 aromatic rings. The van der Waals surface area contributed by atoms with E-state index in [1.807, 2.05) is 0 Å². The van der Waals surface area contributed by atoms with Crippen LogP contribution in [0.25, 0.3) is 0 Å². The summed E-state index contributed by atoms with van der Waals surface area (Å²) in [6, 6.07) is 24.5. The Labute approximate surface area is 151 Å². The number of benzene rings is 3. The molecule has 0 fully saturated rings. The van der Waals surface area contributed by atoms with Crippen molar-refractivity contribution in [2.24, 2.45) is 0 Å². The minimum atomic E-state index is 1.06. The topological polar surface area (TPSA) is 3.24 Å². The Bertz CT molecular complexity index is 781. The molecular formula is C24H27N. The van der Waals surface area contributed by atoms with E-state index in [1.165, 1.54) is 39.3 Å². The Kier molecular flexibility index (Phi) is 5.23. The average molecular weight is 329 g/mol. The van der Waals surface area contributed by atoms with Crippen LogP contribution >= 0.6 is 0 Å². The predicted octanol–water partition coefficient (Wildman–Crippen LogP) is 6.90. The van der Waals surface area contributed by atoms with Crippen LogP contribution in [-0.4, -0.2) is 0 Å². The van der Waals surface area contributed by atoms with E-state index in [9.17, 15) is 0 Å². The molecule has 0 bridgehead atoms. The van der Waals surface area contributed by atoms with E-state index in [1.54, 1.807) is 0 Å². The molecule has 0 atom stereocenters. The lowest BCUT2D eigenvalue weighted by atomic mass is 10.1. The Morgan fingerprint density at radius 2 is 1.00 bits per heavy atom. The number of aryl methyl sites for hydroxylation is 4. The summed E-state index contributed by atoms with van der Waals surface area (Å²) in [4.78, 5) is 2.34. The summed E-state index contributed by atoms with van der Waals surface area (Å²) in [6.07, 6.45) is 2.13. The van der Waals surface area contributed by atoms with Gasteiger partial charge in [-0.3, -0.25) is 0 Å². The van der Waals surface area contributed by atoms with E-state index in [4.69, 9.17) is 0 Å². The fraction of sp³-hybridized carbons (Fsp3) is 0.250. The fourth-order valence-corrected chi connectivity index (χ4v) is 3.07. The summed E-state index contributed by atoms with van der Waals surface area (Å²) in [6.45, 7) is 8.73. The highest BCUT2D eigenvalue weighted by Crippen LogP contribution is 2.35. The summed E-state index contributed by atoms with van der Waals surface area (Å²) in [5.41, 5.74) is 8.98. The monoisotopic (exact) mass is 329 g/mol. The van der Waals surface area contributed by atoms with E-state index in [2.05, 4.69) is 99.3 Å². The van der Waals surface area contributed by atoms with Crippen molar-refractivity contribution in [3.63, 3.8) is 0 Å². The molecule has 25 heavy (non-hydrogen) atoms. The molecule has 0 aliphatic rings. The Hall–Kier alpha value is -2.54. The lowest BCUT2D eigenvalue weighted by Crippen LogP contribution is -2.10. The minimum absolute atomic E-state index is 1.06. The van der Waals surface area contributed by atoms with Crippen LogP contribution in [-0.2, 0) is 12.8 Å². The van der Waals surface area contributed by atoms with Crippen molar-refractivity contribution in [1.82, 2.24) is 0 Å². The molecule has 0 heterocycles. The molecule has 0 aliphatic carbocycles. The van der Waals surface area contributed by atoms with Crippen molar-refractivity contribution in [3.05, 3.63) is 89.0 Å². The number of anilines is 3. The second-order valence-corrected chi connectivity index (χ2v) is 6.64. The van der Waals surface area contributed by atoms with Gasteiger partial charge in [0.2, 0.25) is 0 Å². The first-order valence-corrected chi connectivity index (χ1v) is 9.17. The summed E-state index contributed by atoms with van der Waals surface area (Å²) in [5, 5.41) is 0. The first kappa shape index (κ1) is 17.3. The molecule has 0 spiro atoms. The second kappa shape index (κ2) is 7.57. The Morgan fingerprint density at radius 1 is 0.560 bits per heavy atom. The SMILES string of the molecule is CCc1ccc(N(c2ccc(CC)cc2)c2ccc(C)c(C)c2)cc1. The summed E-state index contributed by atoms with van der Waals surface area (Å²) >= 11 is 0. The van der Waals surface area contributed by atoms with Crippen LogP contribution in [0.2, 0.25) is 0 Å². The molecule has 0 saturated carbocycles. The van der Waals surface area contributed by atoms with E-state index >= 15 is 0 Å². The number of nitrogens with zero attached hydrogens (tertiary/aromatic N) is 1. The molecule has 1 nitrogen and oxygen atoms in total. The van der Waals surface area contributed by atoms with Crippen LogP contribution in [0.4, 0.5) is 17.1 Å². The third-order valence-corrected chi connectivity index (χ3v) is 4.95. The molecule has 0 aliphatic heterocycles. The first-order valence-electron chi connectivity index (χ1n) is 9.17. The zero-order valence-corrected chi connectivity index (χ0v) is 15.7. The smallest absolute Gasteiger partial charge is 0.0464 e. The molecule has 0 unspecified atom stereocenters. The van der Waals surface area contributed by atoms with Crippen LogP contribution in [0.15, 0.2) is 66.7 Å². The van der Waals surface area contributed by atoms with Crippen LogP contribution < -0.4 is 4.90 Å². The fourth-order valence-electron chi connectivity index (χ4n) is 3.07. The van der Waals surface area contributed by atoms with Crippen molar-refractivity contribution in [2.45, 2.75) is 40.5 Å². The largest absolute Gasteiger partial charge is 0.310 e. The van der Waals surface area contributed by atoms with Crippen molar-refractivity contribution >= 4 is 17.1 Å². The molecule has 0 amide bonds. The van der Waals surface area contributed by atoms with Gasteiger partial charge in [0, 0.05) is 17.1 Å². The number of hydrogen-bond donors (Lipinski definition) is 0. The van der Waals surface area contributed by atoms with Gasteiger partial charge in [0.15, 0.2) is 0 Å².